The maximum Gasteiger partial charge on any atom is 0.270 e. The zero-order valence-corrected chi connectivity index (χ0v) is 9.95. The molecule has 0 saturated heterocycles. The van der Waals surface area contributed by atoms with Crippen molar-refractivity contribution in [3.05, 3.63) is 18.1 Å². The molecule has 5 nitrogen and oxygen atoms in total. The van der Waals surface area contributed by atoms with Crippen LogP contribution in [0.2, 0.25) is 0 Å². The lowest BCUT2D eigenvalue weighted by molar-refractivity contribution is 0.0938. The second kappa shape index (κ2) is 6.05. The van der Waals surface area contributed by atoms with E-state index in [2.05, 4.69) is 27.5 Å². The van der Waals surface area contributed by atoms with Gasteiger partial charge < -0.3 is 10.6 Å². The fraction of sp³-hybridized carbons (Fsp3) is 0.545. The number of anilines is 1. The predicted octanol–water partition coefficient (Wildman–Crippen LogP) is 1.44. The fourth-order valence-electron chi connectivity index (χ4n) is 1.17. The van der Waals surface area contributed by atoms with Gasteiger partial charge in [-0.25, -0.2) is 9.97 Å². The van der Waals surface area contributed by atoms with E-state index in [0.29, 0.717) is 11.5 Å². The smallest absolute Gasteiger partial charge is 0.270 e. The highest BCUT2D eigenvalue weighted by Crippen LogP contribution is 2.04. The Morgan fingerprint density at radius 3 is 2.81 bits per heavy atom. The van der Waals surface area contributed by atoms with Gasteiger partial charge in [-0.3, -0.25) is 4.79 Å². The topological polar surface area (TPSA) is 66.9 Å². The quantitative estimate of drug-likeness (QED) is 0.791. The highest BCUT2D eigenvalue weighted by Gasteiger charge is 2.09. The molecule has 5 heteroatoms. The van der Waals surface area contributed by atoms with Crippen molar-refractivity contribution in [2.45, 2.75) is 33.2 Å². The summed E-state index contributed by atoms with van der Waals surface area (Å²) in [6.07, 6.45) is 2.41. The highest BCUT2D eigenvalue weighted by molar-refractivity contribution is 5.92. The largest absolute Gasteiger partial charge is 0.370 e. The van der Waals surface area contributed by atoms with Gasteiger partial charge in [-0.1, -0.05) is 6.92 Å². The maximum absolute atomic E-state index is 11.7. The minimum Gasteiger partial charge on any atom is -0.370 e. The first-order valence-electron chi connectivity index (χ1n) is 5.50. The van der Waals surface area contributed by atoms with Gasteiger partial charge >= 0.3 is 0 Å². The van der Waals surface area contributed by atoms with Crippen molar-refractivity contribution >= 4 is 11.7 Å². The van der Waals surface area contributed by atoms with Crippen LogP contribution >= 0.6 is 0 Å². The van der Waals surface area contributed by atoms with Gasteiger partial charge in [-0.05, 0) is 20.3 Å². The summed E-state index contributed by atoms with van der Waals surface area (Å²) in [7, 11) is 0. The standard InChI is InChI=1S/C11H18N4O/c1-4-5-12-10-6-9(13-7-14-10)11(16)15-8(2)3/h6-8H,4-5H2,1-3H3,(H,15,16)(H,12,13,14). The average molecular weight is 222 g/mol. The first-order valence-corrected chi connectivity index (χ1v) is 5.50. The molecule has 0 saturated carbocycles. The van der Waals surface area contributed by atoms with Gasteiger partial charge in [0.2, 0.25) is 0 Å². The van der Waals surface area contributed by atoms with E-state index in [1.54, 1.807) is 6.07 Å². The number of nitrogens with zero attached hydrogens (tertiary/aromatic N) is 2. The zero-order chi connectivity index (χ0) is 12.0. The summed E-state index contributed by atoms with van der Waals surface area (Å²) in [6, 6.07) is 1.77. The van der Waals surface area contributed by atoms with Gasteiger partial charge in [-0.2, -0.15) is 0 Å². The second-order valence-electron chi connectivity index (χ2n) is 3.84. The summed E-state index contributed by atoms with van der Waals surface area (Å²) in [5.41, 5.74) is 0.391. The first-order chi connectivity index (χ1) is 7.63. The van der Waals surface area contributed by atoms with Gasteiger partial charge in [0.05, 0.1) is 0 Å². The molecule has 0 bridgehead atoms. The molecule has 88 valence electrons. The molecule has 0 spiro atoms. The SMILES string of the molecule is CCCNc1cc(C(=O)NC(C)C)ncn1. The van der Waals surface area contributed by atoms with Gasteiger partial charge in [0.25, 0.3) is 5.91 Å². The molecule has 0 aliphatic carbocycles. The van der Waals surface area contributed by atoms with Crippen molar-refractivity contribution in [2.75, 3.05) is 11.9 Å². The molecule has 0 aromatic carbocycles. The molecule has 0 aliphatic rings. The predicted molar refractivity (Wildman–Crippen MR) is 63.4 cm³/mol. The molecule has 0 aliphatic heterocycles. The summed E-state index contributed by atoms with van der Waals surface area (Å²) >= 11 is 0. The van der Waals surface area contributed by atoms with Crippen LogP contribution in [0.1, 0.15) is 37.7 Å². The van der Waals surface area contributed by atoms with E-state index in [1.165, 1.54) is 6.33 Å². The number of amides is 1. The molecule has 0 atom stereocenters. The van der Waals surface area contributed by atoms with Crippen LogP contribution in [0.15, 0.2) is 12.4 Å². The second-order valence-corrected chi connectivity index (χ2v) is 3.84. The number of hydrogen-bond donors (Lipinski definition) is 2. The molecule has 0 fully saturated rings. The minimum atomic E-state index is -0.169. The molecule has 0 radical (unpaired) electrons. The first kappa shape index (κ1) is 12.4. The molecule has 16 heavy (non-hydrogen) atoms. The summed E-state index contributed by atoms with van der Waals surface area (Å²) in [5.74, 6) is 0.516. The van der Waals surface area contributed by atoms with Crippen LogP contribution in [0.25, 0.3) is 0 Å². The van der Waals surface area contributed by atoms with Crippen LogP contribution < -0.4 is 10.6 Å². The number of nitrogens with one attached hydrogen (secondary N) is 2. The van der Waals surface area contributed by atoms with Crippen LogP contribution in [0.4, 0.5) is 5.82 Å². The molecule has 1 aromatic heterocycles. The number of aromatic nitrogens is 2. The van der Waals surface area contributed by atoms with Gasteiger partial charge in [0, 0.05) is 18.7 Å². The van der Waals surface area contributed by atoms with Crippen molar-refractivity contribution in [3.8, 4) is 0 Å². The Balaban J connectivity index is 2.69. The number of rotatable bonds is 5. The Labute approximate surface area is 95.7 Å². The zero-order valence-electron chi connectivity index (χ0n) is 9.95. The van der Waals surface area contributed by atoms with Crippen molar-refractivity contribution in [1.82, 2.24) is 15.3 Å². The Kier molecular flexibility index (Phi) is 4.69. The third-order valence-corrected chi connectivity index (χ3v) is 1.88. The molecule has 1 rings (SSSR count). The van der Waals surface area contributed by atoms with E-state index in [1.807, 2.05) is 13.8 Å². The van der Waals surface area contributed by atoms with Crippen LogP contribution in [0.3, 0.4) is 0 Å². The van der Waals surface area contributed by atoms with Gasteiger partial charge in [0.1, 0.15) is 17.8 Å². The molecular formula is C11H18N4O. The summed E-state index contributed by atoms with van der Waals surface area (Å²) in [5, 5.41) is 5.90. The minimum absolute atomic E-state index is 0.106. The molecule has 1 aromatic rings. The van der Waals surface area contributed by atoms with Crippen molar-refractivity contribution in [2.24, 2.45) is 0 Å². The maximum atomic E-state index is 11.7. The number of carbonyl (C=O) groups is 1. The lowest BCUT2D eigenvalue weighted by Crippen LogP contribution is -2.30. The Morgan fingerprint density at radius 2 is 2.19 bits per heavy atom. The Morgan fingerprint density at radius 1 is 1.44 bits per heavy atom. The monoisotopic (exact) mass is 222 g/mol. The van der Waals surface area contributed by atoms with E-state index >= 15 is 0 Å². The Bertz CT molecular complexity index is 352. The van der Waals surface area contributed by atoms with E-state index in [-0.39, 0.29) is 11.9 Å². The van der Waals surface area contributed by atoms with Crippen molar-refractivity contribution in [3.63, 3.8) is 0 Å². The number of hydrogen-bond acceptors (Lipinski definition) is 4. The highest BCUT2D eigenvalue weighted by atomic mass is 16.1. The molecule has 1 heterocycles. The number of carbonyl (C=O) groups excluding carboxylic acids is 1. The van der Waals surface area contributed by atoms with E-state index in [0.717, 1.165) is 13.0 Å². The lowest BCUT2D eigenvalue weighted by Gasteiger charge is -2.08. The van der Waals surface area contributed by atoms with Crippen LogP contribution in [-0.2, 0) is 0 Å². The van der Waals surface area contributed by atoms with Crippen molar-refractivity contribution in [1.29, 1.82) is 0 Å². The lowest BCUT2D eigenvalue weighted by atomic mass is 10.3. The molecule has 1 amide bonds. The normalized spacial score (nSPS) is 10.2. The van der Waals surface area contributed by atoms with Gasteiger partial charge in [0.15, 0.2) is 0 Å². The van der Waals surface area contributed by atoms with Crippen LogP contribution in [0, 0.1) is 0 Å². The average Bonchev–Trinajstić information content (AvgIpc) is 2.26. The van der Waals surface area contributed by atoms with E-state index in [4.69, 9.17) is 0 Å². The summed E-state index contributed by atoms with van der Waals surface area (Å²) in [4.78, 5) is 19.6. The molecule has 0 unspecified atom stereocenters. The van der Waals surface area contributed by atoms with E-state index in [9.17, 15) is 4.79 Å². The summed E-state index contributed by atoms with van der Waals surface area (Å²) in [6.45, 7) is 6.73. The van der Waals surface area contributed by atoms with Crippen molar-refractivity contribution < 1.29 is 4.79 Å². The molecular weight excluding hydrogens is 204 g/mol. The van der Waals surface area contributed by atoms with Crippen LogP contribution in [-0.4, -0.2) is 28.5 Å². The Hall–Kier alpha value is -1.65. The van der Waals surface area contributed by atoms with Crippen LogP contribution in [0.5, 0.6) is 0 Å². The fourth-order valence-corrected chi connectivity index (χ4v) is 1.17. The molecule has 2 N–H and O–H groups in total. The third kappa shape index (κ3) is 3.84. The van der Waals surface area contributed by atoms with Gasteiger partial charge in [-0.15, -0.1) is 0 Å². The van der Waals surface area contributed by atoms with E-state index < -0.39 is 0 Å². The summed E-state index contributed by atoms with van der Waals surface area (Å²) < 4.78 is 0. The third-order valence-electron chi connectivity index (χ3n) is 1.88.